The summed E-state index contributed by atoms with van der Waals surface area (Å²) in [4.78, 5) is 19.9. The first-order valence-electron chi connectivity index (χ1n) is 8.20. The van der Waals surface area contributed by atoms with Gasteiger partial charge in [0, 0.05) is 29.7 Å². The van der Waals surface area contributed by atoms with Crippen molar-refractivity contribution >= 4 is 22.6 Å². The highest BCUT2D eigenvalue weighted by Gasteiger charge is 2.09. The van der Waals surface area contributed by atoms with Gasteiger partial charge in [-0.25, -0.2) is 4.98 Å². The third kappa shape index (κ3) is 3.74. The molecule has 0 fully saturated rings. The molecule has 2 heterocycles. The predicted octanol–water partition coefficient (Wildman–Crippen LogP) is 3.36. The number of carbonyl (C=O) groups excluding carboxylic acids is 1. The van der Waals surface area contributed by atoms with E-state index < -0.39 is 0 Å². The first-order chi connectivity index (χ1) is 11.6. The van der Waals surface area contributed by atoms with E-state index in [0.717, 1.165) is 11.9 Å². The summed E-state index contributed by atoms with van der Waals surface area (Å²) < 4.78 is 0. The lowest BCUT2D eigenvalue weighted by molar-refractivity contribution is 0.0949. The summed E-state index contributed by atoms with van der Waals surface area (Å²) in [7, 11) is 0. The quantitative estimate of drug-likeness (QED) is 0.652. The van der Waals surface area contributed by atoms with E-state index in [0.29, 0.717) is 18.1 Å². The van der Waals surface area contributed by atoms with E-state index in [-0.39, 0.29) is 11.9 Å². The molecule has 0 aliphatic carbocycles. The van der Waals surface area contributed by atoms with Gasteiger partial charge in [0.1, 0.15) is 11.5 Å². The molecule has 0 aliphatic rings. The fourth-order valence-corrected chi connectivity index (χ4v) is 2.68. The third-order valence-corrected chi connectivity index (χ3v) is 3.77. The molecule has 0 saturated heterocycles. The van der Waals surface area contributed by atoms with Crippen LogP contribution >= 0.6 is 0 Å². The molecule has 3 aromatic rings. The van der Waals surface area contributed by atoms with E-state index >= 15 is 0 Å². The SMILES string of the molecule is CC(C)Nc1cccc(C(=O)NCCc2c[nH]c3ccccc23)n1. The van der Waals surface area contributed by atoms with Gasteiger partial charge in [0.2, 0.25) is 0 Å². The number of aromatic nitrogens is 2. The van der Waals surface area contributed by atoms with E-state index in [1.807, 2.05) is 44.3 Å². The van der Waals surface area contributed by atoms with Crippen molar-refractivity contribution in [3.8, 4) is 0 Å². The Bertz CT molecular complexity index is 838. The number of nitrogens with one attached hydrogen (secondary N) is 3. The Kier molecular flexibility index (Phi) is 4.79. The maximum atomic E-state index is 12.3. The number of amides is 1. The highest BCUT2D eigenvalue weighted by molar-refractivity contribution is 5.92. The standard InChI is InChI=1S/C19H22N4O/c1-13(2)22-18-9-5-8-17(23-18)19(24)20-11-10-14-12-21-16-7-4-3-6-15(14)16/h3-9,12-13,21H,10-11H2,1-2H3,(H,20,24)(H,22,23). The normalized spacial score (nSPS) is 11.0. The summed E-state index contributed by atoms with van der Waals surface area (Å²) in [5.41, 5.74) is 2.75. The lowest BCUT2D eigenvalue weighted by Gasteiger charge is -2.10. The molecule has 5 nitrogen and oxygen atoms in total. The Hall–Kier alpha value is -2.82. The lowest BCUT2D eigenvalue weighted by Crippen LogP contribution is -2.26. The molecule has 124 valence electrons. The van der Waals surface area contributed by atoms with Crippen molar-refractivity contribution < 1.29 is 4.79 Å². The van der Waals surface area contributed by atoms with Gasteiger partial charge in [-0.3, -0.25) is 4.79 Å². The summed E-state index contributed by atoms with van der Waals surface area (Å²) >= 11 is 0. The van der Waals surface area contributed by atoms with Crippen LogP contribution in [0.3, 0.4) is 0 Å². The van der Waals surface area contributed by atoms with Crippen LogP contribution in [0.15, 0.2) is 48.7 Å². The Labute approximate surface area is 141 Å². The summed E-state index contributed by atoms with van der Waals surface area (Å²) in [6, 6.07) is 13.9. The van der Waals surface area contributed by atoms with Gasteiger partial charge < -0.3 is 15.6 Å². The summed E-state index contributed by atoms with van der Waals surface area (Å²) in [6.07, 6.45) is 2.78. The topological polar surface area (TPSA) is 69.8 Å². The number of H-pyrrole nitrogens is 1. The molecule has 24 heavy (non-hydrogen) atoms. The van der Waals surface area contributed by atoms with E-state index in [9.17, 15) is 4.79 Å². The molecule has 0 aliphatic heterocycles. The second-order valence-corrected chi connectivity index (χ2v) is 6.07. The van der Waals surface area contributed by atoms with Crippen LogP contribution < -0.4 is 10.6 Å². The van der Waals surface area contributed by atoms with Gasteiger partial charge in [-0.1, -0.05) is 24.3 Å². The van der Waals surface area contributed by atoms with Gasteiger partial charge in [-0.2, -0.15) is 0 Å². The minimum Gasteiger partial charge on any atom is -0.368 e. The lowest BCUT2D eigenvalue weighted by atomic mass is 10.1. The van der Waals surface area contributed by atoms with Gasteiger partial charge >= 0.3 is 0 Å². The van der Waals surface area contributed by atoms with Crippen molar-refractivity contribution in [1.29, 1.82) is 0 Å². The molecule has 2 aromatic heterocycles. The zero-order valence-electron chi connectivity index (χ0n) is 14.0. The number of carbonyl (C=O) groups is 1. The minimum atomic E-state index is -0.151. The molecule has 0 radical (unpaired) electrons. The molecule has 3 N–H and O–H groups in total. The Morgan fingerprint density at radius 1 is 1.17 bits per heavy atom. The maximum absolute atomic E-state index is 12.3. The molecule has 1 aromatic carbocycles. The fourth-order valence-electron chi connectivity index (χ4n) is 2.68. The highest BCUT2D eigenvalue weighted by atomic mass is 16.1. The molecule has 0 unspecified atom stereocenters. The van der Waals surface area contributed by atoms with Gasteiger partial charge in [0.25, 0.3) is 5.91 Å². The fraction of sp³-hybridized carbons (Fsp3) is 0.263. The molecule has 5 heteroatoms. The third-order valence-electron chi connectivity index (χ3n) is 3.77. The van der Waals surface area contributed by atoms with Gasteiger partial charge in [-0.05, 0) is 44.0 Å². The second-order valence-electron chi connectivity index (χ2n) is 6.07. The van der Waals surface area contributed by atoms with Crippen LogP contribution in [0.1, 0.15) is 29.9 Å². The monoisotopic (exact) mass is 322 g/mol. The van der Waals surface area contributed by atoms with E-state index in [4.69, 9.17) is 0 Å². The first kappa shape index (κ1) is 16.1. The number of fused-ring (bicyclic) bond motifs is 1. The van der Waals surface area contributed by atoms with Crippen molar-refractivity contribution in [3.05, 3.63) is 59.9 Å². The summed E-state index contributed by atoms with van der Waals surface area (Å²) in [6.45, 7) is 4.65. The van der Waals surface area contributed by atoms with Crippen LogP contribution in [0.4, 0.5) is 5.82 Å². The van der Waals surface area contributed by atoms with Gasteiger partial charge in [0.15, 0.2) is 0 Å². The number of rotatable bonds is 6. The van der Waals surface area contributed by atoms with Crippen molar-refractivity contribution in [2.24, 2.45) is 0 Å². The number of hydrogen-bond acceptors (Lipinski definition) is 3. The van der Waals surface area contributed by atoms with Crippen LogP contribution in [0.25, 0.3) is 10.9 Å². The van der Waals surface area contributed by atoms with Gasteiger partial charge in [-0.15, -0.1) is 0 Å². The van der Waals surface area contributed by atoms with E-state index in [1.165, 1.54) is 10.9 Å². The number of hydrogen-bond donors (Lipinski definition) is 3. The molecule has 1 amide bonds. The largest absolute Gasteiger partial charge is 0.368 e. The number of para-hydroxylation sites is 1. The molecular weight excluding hydrogens is 300 g/mol. The Balaban J connectivity index is 1.59. The smallest absolute Gasteiger partial charge is 0.269 e. The molecule has 0 atom stereocenters. The molecule has 0 bridgehead atoms. The van der Waals surface area contributed by atoms with Crippen molar-refractivity contribution in [1.82, 2.24) is 15.3 Å². The number of nitrogens with zero attached hydrogens (tertiary/aromatic N) is 1. The number of benzene rings is 1. The average molecular weight is 322 g/mol. The van der Waals surface area contributed by atoms with Crippen molar-refractivity contribution in [3.63, 3.8) is 0 Å². The second kappa shape index (κ2) is 7.17. The van der Waals surface area contributed by atoms with E-state index in [1.54, 1.807) is 6.07 Å². The van der Waals surface area contributed by atoms with Crippen LogP contribution in [0.5, 0.6) is 0 Å². The average Bonchev–Trinajstić information content (AvgIpc) is 2.98. The van der Waals surface area contributed by atoms with Crippen molar-refractivity contribution in [2.45, 2.75) is 26.3 Å². The highest BCUT2D eigenvalue weighted by Crippen LogP contribution is 2.17. The number of aromatic amines is 1. The minimum absolute atomic E-state index is 0.151. The summed E-state index contributed by atoms with van der Waals surface area (Å²) in [5, 5.41) is 7.34. The number of anilines is 1. The van der Waals surface area contributed by atoms with E-state index in [2.05, 4.69) is 32.7 Å². The predicted molar refractivity (Wildman–Crippen MR) is 97.3 cm³/mol. The number of pyridine rings is 1. The molecule has 0 saturated carbocycles. The maximum Gasteiger partial charge on any atom is 0.269 e. The van der Waals surface area contributed by atoms with Gasteiger partial charge in [0.05, 0.1) is 0 Å². The molecular formula is C19H22N4O. The Morgan fingerprint density at radius 2 is 2.00 bits per heavy atom. The summed E-state index contributed by atoms with van der Waals surface area (Å²) in [5.74, 6) is 0.566. The molecule has 0 spiro atoms. The Morgan fingerprint density at radius 3 is 2.83 bits per heavy atom. The van der Waals surface area contributed by atoms with Crippen LogP contribution in [0, 0.1) is 0 Å². The van der Waals surface area contributed by atoms with Crippen molar-refractivity contribution in [2.75, 3.05) is 11.9 Å². The zero-order chi connectivity index (χ0) is 16.9. The zero-order valence-corrected chi connectivity index (χ0v) is 14.0. The first-order valence-corrected chi connectivity index (χ1v) is 8.20. The van der Waals surface area contributed by atoms with Crippen LogP contribution in [-0.2, 0) is 6.42 Å². The van der Waals surface area contributed by atoms with Crippen LogP contribution in [0.2, 0.25) is 0 Å². The van der Waals surface area contributed by atoms with Crippen LogP contribution in [-0.4, -0.2) is 28.5 Å². The molecule has 3 rings (SSSR count).